The molecule has 100 valence electrons. The summed E-state index contributed by atoms with van der Waals surface area (Å²) < 4.78 is 13.3. The van der Waals surface area contributed by atoms with Crippen molar-refractivity contribution in [3.8, 4) is 0 Å². The fourth-order valence-corrected chi connectivity index (χ4v) is 2.34. The lowest BCUT2D eigenvalue weighted by Gasteiger charge is -2.28. The van der Waals surface area contributed by atoms with Crippen LogP contribution in [0.3, 0.4) is 0 Å². The fourth-order valence-electron chi connectivity index (χ4n) is 2.34. The van der Waals surface area contributed by atoms with E-state index in [1.165, 1.54) is 25.0 Å². The number of aliphatic hydroxyl groups is 1. The van der Waals surface area contributed by atoms with E-state index in [2.05, 4.69) is 11.8 Å². The Kier molecular flexibility index (Phi) is 4.23. The third-order valence-corrected chi connectivity index (χ3v) is 3.49. The van der Waals surface area contributed by atoms with Gasteiger partial charge in [0.2, 0.25) is 0 Å². The Morgan fingerprint density at radius 3 is 2.72 bits per heavy atom. The molecule has 0 amide bonds. The van der Waals surface area contributed by atoms with Gasteiger partial charge in [-0.25, -0.2) is 4.39 Å². The molecule has 18 heavy (non-hydrogen) atoms. The topological polar surface area (TPSA) is 23.5 Å². The highest BCUT2D eigenvalue weighted by molar-refractivity contribution is 5.56. The maximum Gasteiger partial charge on any atom is 0.123 e. The average Bonchev–Trinajstić information content (AvgIpc) is 3.15. The van der Waals surface area contributed by atoms with E-state index in [1.54, 1.807) is 6.92 Å². The minimum atomic E-state index is -0.626. The van der Waals surface area contributed by atoms with Crippen LogP contribution in [-0.2, 0) is 0 Å². The Balaban J connectivity index is 2.28. The van der Waals surface area contributed by atoms with Crippen LogP contribution in [0.4, 0.5) is 10.1 Å². The summed E-state index contributed by atoms with van der Waals surface area (Å²) in [6, 6.07) is 5.34. The van der Waals surface area contributed by atoms with Crippen LogP contribution >= 0.6 is 0 Å². The molecule has 0 aromatic heterocycles. The molecule has 0 heterocycles. The second kappa shape index (κ2) is 5.70. The number of unbranched alkanes of at least 4 members (excludes halogenated alkanes) is 1. The molecule has 3 heteroatoms. The standard InChI is InChI=1S/C15H22FNO/c1-3-4-9-17(13-6-7-13)15-8-5-12(16)10-14(15)11(2)18/h5,8,10-11,13,18H,3-4,6-7,9H2,1-2H3/t11-/m1/s1. The normalized spacial score (nSPS) is 16.7. The zero-order valence-electron chi connectivity index (χ0n) is 11.2. The summed E-state index contributed by atoms with van der Waals surface area (Å²) in [5.74, 6) is -0.277. The van der Waals surface area contributed by atoms with Gasteiger partial charge in [0.05, 0.1) is 6.10 Å². The summed E-state index contributed by atoms with van der Waals surface area (Å²) in [4.78, 5) is 2.34. The Morgan fingerprint density at radius 1 is 1.44 bits per heavy atom. The summed E-state index contributed by atoms with van der Waals surface area (Å²) in [6.07, 6.45) is 4.07. The van der Waals surface area contributed by atoms with Gasteiger partial charge in [-0.15, -0.1) is 0 Å². The number of nitrogens with zero attached hydrogens (tertiary/aromatic N) is 1. The molecule has 2 rings (SSSR count). The van der Waals surface area contributed by atoms with Crippen LogP contribution in [-0.4, -0.2) is 17.7 Å². The Morgan fingerprint density at radius 2 is 2.17 bits per heavy atom. The van der Waals surface area contributed by atoms with Gasteiger partial charge in [-0.2, -0.15) is 0 Å². The Hall–Kier alpha value is -1.09. The molecule has 1 aliphatic carbocycles. The van der Waals surface area contributed by atoms with Crippen LogP contribution in [0, 0.1) is 5.82 Å². The first-order chi connectivity index (χ1) is 8.63. The highest BCUT2D eigenvalue weighted by atomic mass is 19.1. The lowest BCUT2D eigenvalue weighted by Crippen LogP contribution is -2.28. The van der Waals surface area contributed by atoms with E-state index in [1.807, 2.05) is 6.07 Å². The lowest BCUT2D eigenvalue weighted by atomic mass is 10.1. The highest BCUT2D eigenvalue weighted by Crippen LogP contribution is 2.36. The van der Waals surface area contributed by atoms with Crippen molar-refractivity contribution in [2.45, 2.75) is 51.7 Å². The van der Waals surface area contributed by atoms with E-state index >= 15 is 0 Å². The number of rotatable bonds is 6. The minimum Gasteiger partial charge on any atom is -0.389 e. The van der Waals surface area contributed by atoms with E-state index < -0.39 is 6.10 Å². The quantitative estimate of drug-likeness (QED) is 0.834. The smallest absolute Gasteiger partial charge is 0.123 e. The first-order valence-corrected chi connectivity index (χ1v) is 6.87. The molecule has 0 aliphatic heterocycles. The van der Waals surface area contributed by atoms with E-state index in [0.29, 0.717) is 11.6 Å². The van der Waals surface area contributed by atoms with Gasteiger partial charge in [-0.1, -0.05) is 13.3 Å². The first kappa shape index (κ1) is 13.3. The third-order valence-electron chi connectivity index (χ3n) is 3.49. The first-order valence-electron chi connectivity index (χ1n) is 6.87. The maximum absolute atomic E-state index is 13.3. The predicted molar refractivity (Wildman–Crippen MR) is 72.3 cm³/mol. The Labute approximate surface area is 108 Å². The second-order valence-electron chi connectivity index (χ2n) is 5.16. The fraction of sp³-hybridized carbons (Fsp3) is 0.600. The van der Waals surface area contributed by atoms with Crippen molar-refractivity contribution in [2.75, 3.05) is 11.4 Å². The lowest BCUT2D eigenvalue weighted by molar-refractivity contribution is 0.199. The van der Waals surface area contributed by atoms with Crippen molar-refractivity contribution in [3.05, 3.63) is 29.6 Å². The van der Waals surface area contributed by atoms with Crippen molar-refractivity contribution < 1.29 is 9.50 Å². The summed E-state index contributed by atoms with van der Waals surface area (Å²) in [6.45, 7) is 4.86. The van der Waals surface area contributed by atoms with Gasteiger partial charge >= 0.3 is 0 Å². The molecular weight excluding hydrogens is 229 g/mol. The summed E-state index contributed by atoms with van der Waals surface area (Å²) in [7, 11) is 0. The van der Waals surface area contributed by atoms with Crippen LogP contribution < -0.4 is 4.90 Å². The van der Waals surface area contributed by atoms with E-state index in [4.69, 9.17) is 0 Å². The van der Waals surface area contributed by atoms with Gasteiger partial charge in [0.15, 0.2) is 0 Å². The molecule has 1 aromatic rings. The molecular formula is C15H22FNO. The SMILES string of the molecule is CCCCN(c1ccc(F)cc1[C@@H](C)O)C1CC1. The zero-order chi connectivity index (χ0) is 13.1. The predicted octanol–water partition coefficient (Wildman–Crippen LogP) is 3.65. The molecule has 1 N–H and O–H groups in total. The summed E-state index contributed by atoms with van der Waals surface area (Å²) >= 11 is 0. The largest absolute Gasteiger partial charge is 0.389 e. The van der Waals surface area contributed by atoms with Gasteiger partial charge in [0.25, 0.3) is 0 Å². The number of benzene rings is 1. The van der Waals surface area contributed by atoms with Crippen LogP contribution in [0.25, 0.3) is 0 Å². The van der Waals surface area contributed by atoms with Crippen LogP contribution in [0.2, 0.25) is 0 Å². The van der Waals surface area contributed by atoms with E-state index in [9.17, 15) is 9.50 Å². The van der Waals surface area contributed by atoms with Crippen molar-refractivity contribution in [2.24, 2.45) is 0 Å². The molecule has 1 fully saturated rings. The van der Waals surface area contributed by atoms with Crippen LogP contribution in [0.5, 0.6) is 0 Å². The average molecular weight is 251 g/mol. The third kappa shape index (κ3) is 3.02. The number of hydrogen-bond acceptors (Lipinski definition) is 2. The summed E-state index contributed by atoms with van der Waals surface area (Å²) in [5, 5.41) is 9.81. The van der Waals surface area contributed by atoms with Gasteiger partial charge in [-0.3, -0.25) is 0 Å². The molecule has 0 radical (unpaired) electrons. The maximum atomic E-state index is 13.3. The van der Waals surface area contributed by atoms with Crippen LogP contribution in [0.1, 0.15) is 51.2 Å². The van der Waals surface area contributed by atoms with Gasteiger partial charge in [0.1, 0.15) is 5.82 Å². The molecule has 0 spiro atoms. The van der Waals surface area contributed by atoms with Crippen molar-refractivity contribution in [3.63, 3.8) is 0 Å². The van der Waals surface area contributed by atoms with Crippen molar-refractivity contribution in [1.82, 2.24) is 0 Å². The van der Waals surface area contributed by atoms with Crippen LogP contribution in [0.15, 0.2) is 18.2 Å². The molecule has 1 atom stereocenters. The number of aliphatic hydroxyl groups excluding tert-OH is 1. The van der Waals surface area contributed by atoms with Gasteiger partial charge in [0, 0.05) is 23.8 Å². The monoisotopic (exact) mass is 251 g/mol. The zero-order valence-corrected chi connectivity index (χ0v) is 11.2. The van der Waals surface area contributed by atoms with E-state index in [-0.39, 0.29) is 5.82 Å². The molecule has 0 bridgehead atoms. The van der Waals surface area contributed by atoms with Gasteiger partial charge < -0.3 is 10.0 Å². The molecule has 0 saturated heterocycles. The second-order valence-corrected chi connectivity index (χ2v) is 5.16. The molecule has 1 aliphatic rings. The Bertz CT molecular complexity index is 401. The molecule has 1 aromatic carbocycles. The van der Waals surface area contributed by atoms with Crippen molar-refractivity contribution in [1.29, 1.82) is 0 Å². The van der Waals surface area contributed by atoms with Gasteiger partial charge in [-0.05, 0) is 44.4 Å². The molecule has 0 unspecified atom stereocenters. The molecule has 1 saturated carbocycles. The minimum absolute atomic E-state index is 0.277. The highest BCUT2D eigenvalue weighted by Gasteiger charge is 2.30. The number of hydrogen-bond donors (Lipinski definition) is 1. The number of halogens is 1. The van der Waals surface area contributed by atoms with E-state index in [0.717, 1.165) is 25.1 Å². The van der Waals surface area contributed by atoms with Crippen molar-refractivity contribution >= 4 is 5.69 Å². The number of anilines is 1. The molecule has 2 nitrogen and oxygen atoms in total. The summed E-state index contributed by atoms with van der Waals surface area (Å²) in [5.41, 5.74) is 1.71.